The molecule has 1 unspecified atom stereocenters. The molecular formula is C14H27NO3. The fourth-order valence-corrected chi connectivity index (χ4v) is 2.20. The summed E-state index contributed by atoms with van der Waals surface area (Å²) >= 11 is 0. The molecule has 0 aliphatic carbocycles. The average Bonchev–Trinajstić information content (AvgIpc) is 2.77. The van der Waals surface area contributed by atoms with Crippen LogP contribution < -0.4 is 0 Å². The number of ether oxygens (including phenoxy) is 2. The van der Waals surface area contributed by atoms with Gasteiger partial charge in [0.2, 0.25) is 0 Å². The van der Waals surface area contributed by atoms with Crippen LogP contribution in [0, 0.1) is 5.92 Å². The molecule has 0 bridgehead atoms. The highest BCUT2D eigenvalue weighted by Gasteiger charge is 2.31. The molecule has 1 aliphatic heterocycles. The summed E-state index contributed by atoms with van der Waals surface area (Å²) in [4.78, 5) is 13.9. The van der Waals surface area contributed by atoms with Crippen molar-refractivity contribution in [2.75, 3.05) is 32.9 Å². The number of rotatable bonds is 8. The van der Waals surface area contributed by atoms with E-state index in [1.54, 1.807) is 0 Å². The predicted molar refractivity (Wildman–Crippen MR) is 71.5 cm³/mol. The third-order valence-corrected chi connectivity index (χ3v) is 3.28. The minimum atomic E-state index is -0.0721. The van der Waals surface area contributed by atoms with Crippen LogP contribution >= 0.6 is 0 Å². The molecule has 4 heteroatoms. The molecule has 18 heavy (non-hydrogen) atoms. The lowest BCUT2D eigenvalue weighted by Gasteiger charge is -2.22. The molecule has 0 spiro atoms. The van der Waals surface area contributed by atoms with Gasteiger partial charge in [0.15, 0.2) is 0 Å². The van der Waals surface area contributed by atoms with Gasteiger partial charge in [-0.05, 0) is 38.6 Å². The summed E-state index contributed by atoms with van der Waals surface area (Å²) in [5.74, 6) is 0.612. The second kappa shape index (κ2) is 8.48. The van der Waals surface area contributed by atoms with Gasteiger partial charge >= 0.3 is 5.97 Å². The number of nitrogens with zero attached hydrogens (tertiary/aromatic N) is 1. The van der Waals surface area contributed by atoms with E-state index in [9.17, 15) is 4.79 Å². The molecule has 0 aromatic carbocycles. The smallest absolute Gasteiger partial charge is 0.323 e. The molecule has 1 saturated heterocycles. The second-order valence-corrected chi connectivity index (χ2v) is 5.24. The van der Waals surface area contributed by atoms with Gasteiger partial charge in [0, 0.05) is 13.2 Å². The number of hydrogen-bond donors (Lipinski definition) is 0. The van der Waals surface area contributed by atoms with Crippen LogP contribution in [0.25, 0.3) is 0 Å². The second-order valence-electron chi connectivity index (χ2n) is 5.24. The maximum absolute atomic E-state index is 11.7. The summed E-state index contributed by atoms with van der Waals surface area (Å²) in [6, 6.07) is -0.0429. The van der Waals surface area contributed by atoms with Gasteiger partial charge in [-0.2, -0.15) is 0 Å². The Balaban J connectivity index is 2.18. The lowest BCUT2D eigenvalue weighted by atomic mass is 10.1. The highest BCUT2D eigenvalue weighted by molar-refractivity contribution is 5.76. The van der Waals surface area contributed by atoms with E-state index in [-0.39, 0.29) is 12.0 Å². The van der Waals surface area contributed by atoms with Crippen LogP contribution in [0.2, 0.25) is 0 Å². The van der Waals surface area contributed by atoms with Crippen molar-refractivity contribution in [1.29, 1.82) is 0 Å². The van der Waals surface area contributed by atoms with Crippen molar-refractivity contribution in [3.8, 4) is 0 Å². The number of carbonyl (C=O) groups is 1. The van der Waals surface area contributed by atoms with E-state index in [1.807, 2.05) is 6.92 Å². The minimum Gasteiger partial charge on any atom is -0.465 e. The highest BCUT2D eigenvalue weighted by atomic mass is 16.5. The summed E-state index contributed by atoms with van der Waals surface area (Å²) in [5.41, 5.74) is 0. The SMILES string of the molecule is CCOC(=O)C1CCCN1CCOCCC(C)C. The molecule has 0 aromatic heterocycles. The van der Waals surface area contributed by atoms with E-state index in [1.165, 1.54) is 0 Å². The quantitative estimate of drug-likeness (QED) is 0.493. The average molecular weight is 257 g/mol. The first kappa shape index (κ1) is 15.4. The van der Waals surface area contributed by atoms with Gasteiger partial charge in [0.25, 0.3) is 0 Å². The molecule has 1 fully saturated rings. The molecule has 106 valence electrons. The van der Waals surface area contributed by atoms with Gasteiger partial charge in [-0.25, -0.2) is 0 Å². The third kappa shape index (κ3) is 5.36. The zero-order valence-electron chi connectivity index (χ0n) is 12.0. The van der Waals surface area contributed by atoms with Crippen molar-refractivity contribution in [2.45, 2.75) is 46.1 Å². The van der Waals surface area contributed by atoms with Crippen LogP contribution in [0.15, 0.2) is 0 Å². The molecule has 1 aliphatic rings. The summed E-state index contributed by atoms with van der Waals surface area (Å²) in [7, 11) is 0. The van der Waals surface area contributed by atoms with Crippen LogP contribution in [0.3, 0.4) is 0 Å². The maximum atomic E-state index is 11.7. The van der Waals surface area contributed by atoms with Crippen molar-refractivity contribution in [3.05, 3.63) is 0 Å². The van der Waals surface area contributed by atoms with Crippen molar-refractivity contribution in [1.82, 2.24) is 4.90 Å². The Morgan fingerprint density at radius 1 is 1.39 bits per heavy atom. The van der Waals surface area contributed by atoms with E-state index >= 15 is 0 Å². The lowest BCUT2D eigenvalue weighted by molar-refractivity contribution is -0.148. The van der Waals surface area contributed by atoms with Gasteiger partial charge in [0.1, 0.15) is 6.04 Å². The maximum Gasteiger partial charge on any atom is 0.323 e. The van der Waals surface area contributed by atoms with Crippen molar-refractivity contribution >= 4 is 5.97 Å². The summed E-state index contributed by atoms with van der Waals surface area (Å²) in [6.45, 7) is 10.1. The van der Waals surface area contributed by atoms with E-state index in [0.29, 0.717) is 19.1 Å². The Morgan fingerprint density at radius 3 is 2.83 bits per heavy atom. The van der Waals surface area contributed by atoms with Crippen LogP contribution in [0.5, 0.6) is 0 Å². The van der Waals surface area contributed by atoms with E-state index in [0.717, 1.165) is 39.0 Å². The summed E-state index contributed by atoms with van der Waals surface area (Å²) < 4.78 is 10.7. The van der Waals surface area contributed by atoms with E-state index in [4.69, 9.17) is 9.47 Å². The third-order valence-electron chi connectivity index (χ3n) is 3.28. The Bertz CT molecular complexity index is 243. The van der Waals surface area contributed by atoms with Crippen molar-refractivity contribution < 1.29 is 14.3 Å². The molecule has 0 saturated carbocycles. The first-order chi connectivity index (χ1) is 8.65. The van der Waals surface area contributed by atoms with Crippen LogP contribution in [0.4, 0.5) is 0 Å². The monoisotopic (exact) mass is 257 g/mol. The molecule has 1 rings (SSSR count). The summed E-state index contributed by atoms with van der Waals surface area (Å²) in [6.07, 6.45) is 3.10. The molecular weight excluding hydrogens is 230 g/mol. The Kier molecular flexibility index (Phi) is 7.28. The first-order valence-electron chi connectivity index (χ1n) is 7.13. The fourth-order valence-electron chi connectivity index (χ4n) is 2.20. The standard InChI is InChI=1S/C14H27NO3/c1-4-18-14(16)13-6-5-8-15(13)9-11-17-10-7-12(2)3/h12-13H,4-11H2,1-3H3. The Labute approximate surface area is 111 Å². The number of carbonyl (C=O) groups excluding carboxylic acids is 1. The number of esters is 1. The van der Waals surface area contributed by atoms with Gasteiger partial charge in [0.05, 0.1) is 13.2 Å². The van der Waals surface area contributed by atoms with E-state index in [2.05, 4.69) is 18.7 Å². The molecule has 0 radical (unpaired) electrons. The van der Waals surface area contributed by atoms with Crippen LogP contribution in [0.1, 0.15) is 40.0 Å². The zero-order valence-corrected chi connectivity index (χ0v) is 12.0. The molecule has 4 nitrogen and oxygen atoms in total. The van der Waals surface area contributed by atoms with Gasteiger partial charge in [-0.1, -0.05) is 13.8 Å². The fraction of sp³-hybridized carbons (Fsp3) is 0.929. The van der Waals surface area contributed by atoms with Crippen LogP contribution in [-0.2, 0) is 14.3 Å². The van der Waals surface area contributed by atoms with Crippen LogP contribution in [-0.4, -0.2) is 49.8 Å². The molecule has 1 heterocycles. The van der Waals surface area contributed by atoms with Gasteiger partial charge in [-0.3, -0.25) is 9.69 Å². The number of likely N-dealkylation sites (tertiary alicyclic amines) is 1. The summed E-state index contributed by atoms with van der Waals surface area (Å²) in [5, 5.41) is 0. The highest BCUT2D eigenvalue weighted by Crippen LogP contribution is 2.17. The molecule has 1 atom stereocenters. The molecule has 0 aromatic rings. The predicted octanol–water partition coefficient (Wildman–Crippen LogP) is 2.08. The zero-order chi connectivity index (χ0) is 13.4. The van der Waals surface area contributed by atoms with Crippen molar-refractivity contribution in [2.24, 2.45) is 5.92 Å². The topological polar surface area (TPSA) is 38.8 Å². The van der Waals surface area contributed by atoms with Gasteiger partial charge in [-0.15, -0.1) is 0 Å². The van der Waals surface area contributed by atoms with Crippen molar-refractivity contribution in [3.63, 3.8) is 0 Å². The molecule has 0 N–H and O–H groups in total. The Morgan fingerprint density at radius 2 is 2.17 bits per heavy atom. The Hall–Kier alpha value is -0.610. The number of hydrogen-bond acceptors (Lipinski definition) is 4. The van der Waals surface area contributed by atoms with Gasteiger partial charge < -0.3 is 9.47 Å². The lowest BCUT2D eigenvalue weighted by Crippen LogP contribution is -2.39. The largest absolute Gasteiger partial charge is 0.465 e. The van der Waals surface area contributed by atoms with E-state index < -0.39 is 0 Å². The normalized spacial score (nSPS) is 20.6. The minimum absolute atomic E-state index is 0.0429. The molecule has 0 amide bonds. The first-order valence-corrected chi connectivity index (χ1v) is 7.13.